The van der Waals surface area contributed by atoms with Crippen molar-refractivity contribution in [3.05, 3.63) is 29.8 Å². The van der Waals surface area contributed by atoms with Gasteiger partial charge in [-0.15, -0.1) is 0 Å². The Balaban J connectivity index is 1.83. The zero-order valence-electron chi connectivity index (χ0n) is 11.7. The predicted octanol–water partition coefficient (Wildman–Crippen LogP) is 2.23. The number of nitrogens with one attached hydrogen (secondary N) is 1. The molecule has 2 atom stereocenters. The molecular weight excluding hydrogens is 252 g/mol. The van der Waals surface area contributed by atoms with Crippen molar-refractivity contribution in [1.29, 1.82) is 5.26 Å². The quantitative estimate of drug-likeness (QED) is 0.835. The Morgan fingerprint density at radius 3 is 2.90 bits per heavy atom. The molecule has 4 heteroatoms. The molecule has 0 amide bonds. The van der Waals surface area contributed by atoms with Crippen LogP contribution in [0.1, 0.15) is 31.2 Å². The molecule has 0 heterocycles. The smallest absolute Gasteiger partial charge is 0.174 e. The van der Waals surface area contributed by atoms with Gasteiger partial charge < -0.3 is 15.2 Å². The number of hydrogen-bond donors (Lipinski definition) is 2. The van der Waals surface area contributed by atoms with Gasteiger partial charge in [-0.25, -0.2) is 0 Å². The summed E-state index contributed by atoms with van der Waals surface area (Å²) in [7, 11) is 0. The number of nitriles is 1. The van der Waals surface area contributed by atoms with Crippen molar-refractivity contribution in [1.82, 2.24) is 5.32 Å². The Labute approximate surface area is 120 Å². The van der Waals surface area contributed by atoms with Gasteiger partial charge in [0.15, 0.2) is 6.61 Å². The molecule has 1 saturated carbocycles. The third-order valence-electron chi connectivity index (χ3n) is 3.86. The van der Waals surface area contributed by atoms with E-state index < -0.39 is 0 Å². The molecule has 0 spiro atoms. The van der Waals surface area contributed by atoms with E-state index in [0.29, 0.717) is 12.5 Å². The summed E-state index contributed by atoms with van der Waals surface area (Å²) in [5, 5.41) is 21.9. The summed E-state index contributed by atoms with van der Waals surface area (Å²) in [6, 6.07) is 9.72. The molecule has 0 aromatic heterocycles. The highest BCUT2D eigenvalue weighted by Gasteiger charge is 2.22. The number of aliphatic hydroxyl groups excluding tert-OH is 1. The largest absolute Gasteiger partial charge is 0.478 e. The lowest BCUT2D eigenvalue weighted by Gasteiger charge is -2.27. The van der Waals surface area contributed by atoms with Crippen LogP contribution < -0.4 is 10.1 Å². The summed E-state index contributed by atoms with van der Waals surface area (Å²) < 4.78 is 5.40. The second-order valence-corrected chi connectivity index (χ2v) is 5.30. The normalized spacial score (nSPS) is 22.2. The van der Waals surface area contributed by atoms with Crippen LogP contribution in [0.4, 0.5) is 0 Å². The molecule has 2 unspecified atom stereocenters. The molecule has 20 heavy (non-hydrogen) atoms. The first-order valence-corrected chi connectivity index (χ1v) is 7.27. The molecule has 1 aliphatic carbocycles. The van der Waals surface area contributed by atoms with Gasteiger partial charge in [-0.05, 0) is 24.8 Å². The topological polar surface area (TPSA) is 65.3 Å². The van der Waals surface area contributed by atoms with Crippen molar-refractivity contribution in [2.24, 2.45) is 5.92 Å². The predicted molar refractivity (Wildman–Crippen MR) is 77.2 cm³/mol. The van der Waals surface area contributed by atoms with E-state index in [9.17, 15) is 5.11 Å². The van der Waals surface area contributed by atoms with Crippen molar-refractivity contribution < 1.29 is 9.84 Å². The van der Waals surface area contributed by atoms with E-state index >= 15 is 0 Å². The summed E-state index contributed by atoms with van der Waals surface area (Å²) in [6.07, 6.45) is 4.21. The molecule has 0 saturated heterocycles. The molecule has 2 rings (SSSR count). The van der Waals surface area contributed by atoms with Crippen LogP contribution in [-0.2, 0) is 6.54 Å². The maximum Gasteiger partial charge on any atom is 0.174 e. The minimum atomic E-state index is -0.165. The molecule has 108 valence electrons. The van der Waals surface area contributed by atoms with Crippen molar-refractivity contribution in [3.8, 4) is 11.8 Å². The second kappa shape index (κ2) is 7.88. The van der Waals surface area contributed by atoms with Gasteiger partial charge in [0.25, 0.3) is 0 Å². The van der Waals surface area contributed by atoms with Gasteiger partial charge in [-0.2, -0.15) is 5.26 Å². The van der Waals surface area contributed by atoms with Crippen LogP contribution in [0.3, 0.4) is 0 Å². The molecular formula is C16H22N2O2. The van der Waals surface area contributed by atoms with Crippen LogP contribution >= 0.6 is 0 Å². The second-order valence-electron chi connectivity index (χ2n) is 5.30. The fourth-order valence-electron chi connectivity index (χ4n) is 2.72. The highest BCUT2D eigenvalue weighted by molar-refractivity contribution is 5.33. The van der Waals surface area contributed by atoms with Crippen molar-refractivity contribution >= 4 is 0 Å². The SMILES string of the molecule is N#CCOc1ccccc1CNCC1CCCCC1O. The van der Waals surface area contributed by atoms with Gasteiger partial charge in [0.1, 0.15) is 11.8 Å². The zero-order valence-corrected chi connectivity index (χ0v) is 11.7. The standard InChI is InChI=1S/C16H22N2O2/c17-9-10-20-16-8-4-2-6-14(16)12-18-11-13-5-1-3-7-15(13)19/h2,4,6,8,13,15,18-19H,1,3,5,7,10-12H2. The van der Waals surface area contributed by atoms with Gasteiger partial charge in [-0.1, -0.05) is 31.0 Å². The first-order chi connectivity index (χ1) is 9.81. The number of nitrogens with zero attached hydrogens (tertiary/aromatic N) is 1. The molecule has 0 bridgehead atoms. The van der Waals surface area contributed by atoms with E-state index in [1.165, 1.54) is 6.42 Å². The highest BCUT2D eigenvalue weighted by Crippen LogP contribution is 2.24. The highest BCUT2D eigenvalue weighted by atomic mass is 16.5. The Morgan fingerprint density at radius 2 is 2.10 bits per heavy atom. The molecule has 1 fully saturated rings. The number of aliphatic hydroxyl groups is 1. The average molecular weight is 274 g/mol. The Kier molecular flexibility index (Phi) is 5.85. The summed E-state index contributed by atoms with van der Waals surface area (Å²) in [4.78, 5) is 0. The molecule has 1 aromatic carbocycles. The Bertz CT molecular complexity index is 456. The van der Waals surface area contributed by atoms with Crippen LogP contribution in [0, 0.1) is 17.2 Å². The van der Waals surface area contributed by atoms with Crippen molar-refractivity contribution in [3.63, 3.8) is 0 Å². The molecule has 0 aliphatic heterocycles. The average Bonchev–Trinajstić information content (AvgIpc) is 2.48. The maximum absolute atomic E-state index is 9.94. The Hall–Kier alpha value is -1.57. The summed E-state index contributed by atoms with van der Waals surface area (Å²) in [6.45, 7) is 1.59. The fourth-order valence-corrected chi connectivity index (χ4v) is 2.72. The molecule has 1 aliphatic rings. The first kappa shape index (κ1) is 14.8. The van der Waals surface area contributed by atoms with Crippen LogP contribution in [0.2, 0.25) is 0 Å². The monoisotopic (exact) mass is 274 g/mol. The van der Waals surface area contributed by atoms with Gasteiger partial charge in [-0.3, -0.25) is 0 Å². The van der Waals surface area contributed by atoms with E-state index in [0.717, 1.165) is 37.1 Å². The maximum atomic E-state index is 9.94. The van der Waals surface area contributed by atoms with Crippen LogP contribution in [0.25, 0.3) is 0 Å². The van der Waals surface area contributed by atoms with E-state index in [-0.39, 0.29) is 12.7 Å². The third-order valence-corrected chi connectivity index (χ3v) is 3.86. The minimum Gasteiger partial charge on any atom is -0.478 e. The van der Waals surface area contributed by atoms with E-state index in [2.05, 4.69) is 5.32 Å². The van der Waals surface area contributed by atoms with Gasteiger partial charge in [0.05, 0.1) is 6.10 Å². The van der Waals surface area contributed by atoms with Crippen molar-refractivity contribution in [2.45, 2.75) is 38.3 Å². The lowest BCUT2D eigenvalue weighted by atomic mass is 9.86. The third kappa shape index (κ3) is 4.22. The van der Waals surface area contributed by atoms with Crippen LogP contribution in [-0.4, -0.2) is 24.4 Å². The fraction of sp³-hybridized carbons (Fsp3) is 0.562. The summed E-state index contributed by atoms with van der Waals surface area (Å²) in [5.41, 5.74) is 1.05. The number of ether oxygens (including phenoxy) is 1. The summed E-state index contributed by atoms with van der Waals surface area (Å²) in [5.74, 6) is 1.11. The van der Waals surface area contributed by atoms with Crippen LogP contribution in [0.5, 0.6) is 5.75 Å². The first-order valence-electron chi connectivity index (χ1n) is 7.27. The molecule has 2 N–H and O–H groups in total. The molecule has 1 aromatic rings. The number of rotatable bonds is 6. The van der Waals surface area contributed by atoms with Crippen LogP contribution in [0.15, 0.2) is 24.3 Å². The molecule has 0 radical (unpaired) electrons. The van der Waals surface area contributed by atoms with Crippen molar-refractivity contribution in [2.75, 3.05) is 13.2 Å². The minimum absolute atomic E-state index is 0.0678. The summed E-state index contributed by atoms with van der Waals surface area (Å²) >= 11 is 0. The van der Waals surface area contributed by atoms with E-state index in [1.54, 1.807) is 0 Å². The number of para-hydroxylation sites is 1. The van der Waals surface area contributed by atoms with Gasteiger partial charge in [0, 0.05) is 18.7 Å². The lowest BCUT2D eigenvalue weighted by molar-refractivity contribution is 0.0695. The zero-order chi connectivity index (χ0) is 14.2. The van der Waals surface area contributed by atoms with E-state index in [4.69, 9.17) is 10.00 Å². The van der Waals surface area contributed by atoms with E-state index in [1.807, 2.05) is 30.3 Å². The van der Waals surface area contributed by atoms with Gasteiger partial charge in [0.2, 0.25) is 0 Å². The lowest BCUT2D eigenvalue weighted by Crippen LogP contribution is -2.33. The number of hydrogen-bond acceptors (Lipinski definition) is 4. The van der Waals surface area contributed by atoms with Gasteiger partial charge >= 0.3 is 0 Å². The molecule has 4 nitrogen and oxygen atoms in total. The number of benzene rings is 1. The Morgan fingerprint density at radius 1 is 1.30 bits per heavy atom.